The summed E-state index contributed by atoms with van der Waals surface area (Å²) >= 11 is 0. The highest BCUT2D eigenvalue weighted by atomic mass is 32.2. The molecule has 130 valence electrons. The van der Waals surface area contributed by atoms with Crippen LogP contribution < -0.4 is 4.72 Å². The highest BCUT2D eigenvalue weighted by Gasteiger charge is 2.35. The number of benzene rings is 2. The van der Waals surface area contributed by atoms with Crippen molar-refractivity contribution in [2.45, 2.75) is 11.1 Å². The minimum Gasteiger partial charge on any atom is -0.276 e. The first-order valence-corrected chi connectivity index (χ1v) is 7.45. The molecule has 0 saturated carbocycles. The van der Waals surface area contributed by atoms with Gasteiger partial charge in [-0.05, 0) is 18.2 Å². The third kappa shape index (κ3) is 3.45. The Hall–Kier alpha value is -2.30. The molecule has 0 heterocycles. The summed E-state index contributed by atoms with van der Waals surface area (Å²) in [7, 11) is -5.05. The molecule has 0 aliphatic carbocycles. The van der Waals surface area contributed by atoms with Crippen molar-refractivity contribution in [2.24, 2.45) is 0 Å². The predicted molar refractivity (Wildman–Crippen MR) is 68.5 cm³/mol. The molecule has 2 rings (SSSR count). The number of sulfonamides is 1. The van der Waals surface area contributed by atoms with Crippen LogP contribution in [0.5, 0.6) is 0 Å². The van der Waals surface area contributed by atoms with Crippen LogP contribution in [0.25, 0.3) is 0 Å². The number of anilines is 1. The van der Waals surface area contributed by atoms with E-state index in [1.54, 1.807) is 0 Å². The van der Waals surface area contributed by atoms with Gasteiger partial charge < -0.3 is 0 Å². The molecule has 0 amide bonds. The van der Waals surface area contributed by atoms with Gasteiger partial charge in [0.1, 0.15) is 23.3 Å². The molecule has 11 heteroatoms. The molecule has 0 atom stereocenters. The fraction of sp³-hybridized carbons (Fsp3) is 0.0769. The second-order valence-electron chi connectivity index (χ2n) is 4.47. The number of rotatable bonds is 3. The first-order valence-electron chi connectivity index (χ1n) is 5.96. The maximum Gasteiger partial charge on any atom is 0.419 e. The number of hydrogen-bond acceptors (Lipinski definition) is 2. The van der Waals surface area contributed by atoms with Crippen molar-refractivity contribution in [3.8, 4) is 0 Å². The second kappa shape index (κ2) is 5.96. The lowest BCUT2D eigenvalue weighted by Gasteiger charge is -2.13. The standard InChI is InChI=1S/C13H6F7NO2S/c14-7-2-1-3-8(15)12(7)24(22,23)21-11-5-9(16)6(4-10(11)17)13(18,19)20/h1-5,21H. The topological polar surface area (TPSA) is 46.2 Å². The van der Waals surface area contributed by atoms with E-state index in [0.29, 0.717) is 12.1 Å². The van der Waals surface area contributed by atoms with Crippen molar-refractivity contribution >= 4 is 15.7 Å². The van der Waals surface area contributed by atoms with Gasteiger partial charge in [0, 0.05) is 6.07 Å². The van der Waals surface area contributed by atoms with Crippen LogP contribution in [0.4, 0.5) is 36.4 Å². The van der Waals surface area contributed by atoms with Gasteiger partial charge >= 0.3 is 6.18 Å². The predicted octanol–water partition coefficient (Wildman–Crippen LogP) is 4.06. The molecule has 2 aromatic carbocycles. The molecule has 0 fully saturated rings. The fourth-order valence-corrected chi connectivity index (χ4v) is 2.97. The summed E-state index contributed by atoms with van der Waals surface area (Å²) in [6.07, 6.45) is -5.21. The lowest BCUT2D eigenvalue weighted by molar-refractivity contribution is -0.140. The minimum absolute atomic E-state index is 0.0749. The van der Waals surface area contributed by atoms with Crippen molar-refractivity contribution in [2.75, 3.05) is 4.72 Å². The van der Waals surface area contributed by atoms with Gasteiger partial charge in [0.25, 0.3) is 10.0 Å². The minimum atomic E-state index is -5.21. The van der Waals surface area contributed by atoms with E-state index >= 15 is 0 Å². The molecule has 0 radical (unpaired) electrons. The lowest BCUT2D eigenvalue weighted by atomic mass is 10.2. The fourth-order valence-electron chi connectivity index (χ4n) is 1.78. The normalized spacial score (nSPS) is 12.3. The molecule has 24 heavy (non-hydrogen) atoms. The van der Waals surface area contributed by atoms with Crippen molar-refractivity contribution < 1.29 is 39.2 Å². The third-order valence-corrected chi connectivity index (χ3v) is 4.21. The van der Waals surface area contributed by atoms with Crippen molar-refractivity contribution in [1.82, 2.24) is 0 Å². The van der Waals surface area contributed by atoms with E-state index in [2.05, 4.69) is 0 Å². The summed E-state index contributed by atoms with van der Waals surface area (Å²) in [6.45, 7) is 0. The van der Waals surface area contributed by atoms with Crippen LogP contribution in [-0.4, -0.2) is 8.42 Å². The second-order valence-corrected chi connectivity index (χ2v) is 6.09. The van der Waals surface area contributed by atoms with E-state index in [1.165, 1.54) is 4.72 Å². The van der Waals surface area contributed by atoms with E-state index in [0.717, 1.165) is 6.07 Å². The van der Waals surface area contributed by atoms with Gasteiger partial charge in [0.15, 0.2) is 4.90 Å². The molecular weight excluding hydrogens is 367 g/mol. The molecule has 3 nitrogen and oxygen atoms in total. The Labute approximate surface area is 130 Å². The Kier molecular flexibility index (Phi) is 4.48. The zero-order chi connectivity index (χ0) is 18.3. The van der Waals surface area contributed by atoms with Crippen LogP contribution >= 0.6 is 0 Å². The van der Waals surface area contributed by atoms with Gasteiger partial charge in [-0.2, -0.15) is 13.2 Å². The number of hydrogen-bond donors (Lipinski definition) is 1. The van der Waals surface area contributed by atoms with Crippen LogP contribution in [0.15, 0.2) is 35.2 Å². The Bertz CT molecular complexity index is 874. The van der Waals surface area contributed by atoms with Crippen LogP contribution in [0, 0.1) is 23.3 Å². The van der Waals surface area contributed by atoms with Gasteiger partial charge in [0.2, 0.25) is 0 Å². The highest BCUT2D eigenvalue weighted by Crippen LogP contribution is 2.34. The van der Waals surface area contributed by atoms with E-state index in [-0.39, 0.29) is 12.1 Å². The van der Waals surface area contributed by atoms with E-state index in [9.17, 15) is 39.2 Å². The highest BCUT2D eigenvalue weighted by molar-refractivity contribution is 7.92. The molecule has 0 bridgehead atoms. The Morgan fingerprint density at radius 2 is 1.38 bits per heavy atom. The molecule has 0 unspecified atom stereocenters. The SMILES string of the molecule is O=S(=O)(Nc1cc(F)c(C(F)(F)F)cc1F)c1c(F)cccc1F. The quantitative estimate of drug-likeness (QED) is 0.825. The van der Waals surface area contributed by atoms with Gasteiger partial charge in [-0.1, -0.05) is 6.07 Å². The van der Waals surface area contributed by atoms with Crippen LogP contribution in [0.2, 0.25) is 0 Å². The summed E-state index contributed by atoms with van der Waals surface area (Å²) < 4.78 is 116. The van der Waals surface area contributed by atoms with E-state index in [4.69, 9.17) is 0 Å². The largest absolute Gasteiger partial charge is 0.419 e. The average Bonchev–Trinajstić information content (AvgIpc) is 2.40. The monoisotopic (exact) mass is 373 g/mol. The van der Waals surface area contributed by atoms with Gasteiger partial charge in [-0.25, -0.2) is 26.0 Å². The molecular formula is C13H6F7NO2S. The summed E-state index contributed by atoms with van der Waals surface area (Å²) in [4.78, 5) is -1.48. The van der Waals surface area contributed by atoms with Crippen molar-refractivity contribution in [1.29, 1.82) is 0 Å². The molecule has 0 aliphatic rings. The van der Waals surface area contributed by atoms with Crippen LogP contribution in [0.1, 0.15) is 5.56 Å². The van der Waals surface area contributed by atoms with Crippen molar-refractivity contribution in [3.63, 3.8) is 0 Å². The summed E-state index contributed by atoms with van der Waals surface area (Å²) in [5.74, 6) is -6.77. The van der Waals surface area contributed by atoms with Crippen LogP contribution in [-0.2, 0) is 16.2 Å². The number of nitrogens with one attached hydrogen (secondary N) is 1. The zero-order valence-electron chi connectivity index (χ0n) is 11.3. The molecule has 0 spiro atoms. The summed E-state index contributed by atoms with van der Waals surface area (Å²) in [6, 6.07) is 1.71. The third-order valence-electron chi connectivity index (χ3n) is 2.79. The summed E-state index contributed by atoms with van der Waals surface area (Å²) in [5, 5.41) is 0. The Morgan fingerprint density at radius 3 is 1.88 bits per heavy atom. The number of halogens is 7. The lowest BCUT2D eigenvalue weighted by Crippen LogP contribution is -2.18. The molecule has 1 N–H and O–H groups in total. The molecule has 0 aromatic heterocycles. The van der Waals surface area contributed by atoms with Gasteiger partial charge in [0.05, 0.1) is 11.3 Å². The summed E-state index contributed by atoms with van der Waals surface area (Å²) in [5.41, 5.74) is -3.19. The van der Waals surface area contributed by atoms with Crippen LogP contribution in [0.3, 0.4) is 0 Å². The molecule has 2 aromatic rings. The Balaban J connectivity index is 2.50. The van der Waals surface area contributed by atoms with Gasteiger partial charge in [-0.15, -0.1) is 0 Å². The first-order chi connectivity index (χ1) is 10.9. The smallest absolute Gasteiger partial charge is 0.276 e. The first kappa shape index (κ1) is 18.0. The Morgan fingerprint density at radius 1 is 0.833 bits per heavy atom. The molecule has 0 aliphatic heterocycles. The number of alkyl halides is 3. The van der Waals surface area contributed by atoms with E-state index < -0.39 is 55.6 Å². The maximum atomic E-state index is 13.6. The van der Waals surface area contributed by atoms with E-state index in [1.807, 2.05) is 0 Å². The maximum absolute atomic E-state index is 13.6. The zero-order valence-corrected chi connectivity index (χ0v) is 12.1. The van der Waals surface area contributed by atoms with Crippen molar-refractivity contribution in [3.05, 3.63) is 59.2 Å². The molecule has 0 saturated heterocycles. The average molecular weight is 373 g/mol. The van der Waals surface area contributed by atoms with Gasteiger partial charge in [-0.3, -0.25) is 4.72 Å².